The Balaban J connectivity index is 2.80. The maximum Gasteiger partial charge on any atom is 0.322 e. The normalized spacial score (nSPS) is 13.9. The predicted molar refractivity (Wildman–Crippen MR) is 114 cm³/mol. The fourth-order valence-electron chi connectivity index (χ4n) is 2.82. The average molecular weight is 437 g/mol. The molecule has 0 saturated heterocycles. The maximum atomic E-state index is 12.8. The van der Waals surface area contributed by atoms with Crippen molar-refractivity contribution in [2.75, 3.05) is 6.54 Å². The lowest BCUT2D eigenvalue weighted by Crippen LogP contribution is -2.58. The molecule has 10 heteroatoms. The zero-order valence-electron chi connectivity index (χ0n) is 18.2. The van der Waals surface area contributed by atoms with Crippen LogP contribution < -0.4 is 21.7 Å². The van der Waals surface area contributed by atoms with Crippen LogP contribution in [0.4, 0.5) is 0 Å². The van der Waals surface area contributed by atoms with Crippen LogP contribution in [0.25, 0.3) is 0 Å². The third-order valence-corrected chi connectivity index (χ3v) is 4.64. The van der Waals surface area contributed by atoms with E-state index in [2.05, 4.69) is 16.0 Å². The molecular formula is C21H32N4O6. The summed E-state index contributed by atoms with van der Waals surface area (Å²) in [6.07, 6.45) is 0.213. The van der Waals surface area contributed by atoms with Gasteiger partial charge in [-0.1, -0.05) is 39.8 Å². The molecule has 10 nitrogen and oxygen atoms in total. The molecule has 0 aromatic heterocycles. The molecule has 0 heterocycles. The molecular weight excluding hydrogens is 404 g/mol. The summed E-state index contributed by atoms with van der Waals surface area (Å²) in [5.41, 5.74) is 6.73. The van der Waals surface area contributed by atoms with Gasteiger partial charge in [0, 0.05) is 0 Å². The number of aliphatic carboxylic acids is 1. The highest BCUT2D eigenvalue weighted by Crippen LogP contribution is 2.12. The lowest BCUT2D eigenvalue weighted by Gasteiger charge is -2.27. The number of aromatic hydroxyl groups is 1. The Morgan fingerprint density at radius 2 is 1.35 bits per heavy atom. The Labute approximate surface area is 181 Å². The predicted octanol–water partition coefficient (Wildman–Crippen LogP) is -0.256. The monoisotopic (exact) mass is 436 g/mol. The first-order valence-corrected chi connectivity index (χ1v) is 10.1. The zero-order chi connectivity index (χ0) is 23.7. The van der Waals surface area contributed by atoms with E-state index in [4.69, 9.17) is 10.8 Å². The second-order valence-corrected chi connectivity index (χ2v) is 8.05. The van der Waals surface area contributed by atoms with Crippen molar-refractivity contribution in [2.45, 2.75) is 52.2 Å². The van der Waals surface area contributed by atoms with Gasteiger partial charge in [0.05, 0.1) is 6.04 Å². The molecule has 172 valence electrons. The van der Waals surface area contributed by atoms with Crippen molar-refractivity contribution >= 4 is 23.7 Å². The van der Waals surface area contributed by atoms with Gasteiger partial charge in [-0.25, -0.2) is 0 Å². The molecule has 0 bridgehead atoms. The largest absolute Gasteiger partial charge is 0.508 e. The first-order valence-electron chi connectivity index (χ1n) is 10.1. The summed E-state index contributed by atoms with van der Waals surface area (Å²) in [7, 11) is 0. The summed E-state index contributed by atoms with van der Waals surface area (Å²) in [6.45, 7) is 6.34. The standard InChI is InChI=1S/C21H32N4O6/c1-11(2)17(20(30)23-10-16(27)28)25-21(31)18(12(3)4)24-19(29)15(22)9-13-5-7-14(26)8-6-13/h5-8,11-12,15,17-18,26H,9-10,22H2,1-4H3,(H,23,30)(H,24,29)(H,25,31)(H,27,28). The molecule has 7 N–H and O–H groups in total. The van der Waals surface area contributed by atoms with Gasteiger partial charge in [0.15, 0.2) is 0 Å². The Kier molecular flexibility index (Phi) is 9.94. The molecule has 0 aliphatic carbocycles. The van der Waals surface area contributed by atoms with E-state index in [-0.39, 0.29) is 24.0 Å². The van der Waals surface area contributed by atoms with Crippen LogP contribution in [0.5, 0.6) is 5.75 Å². The Morgan fingerprint density at radius 3 is 1.84 bits per heavy atom. The number of carboxylic acid groups (broad SMARTS) is 1. The summed E-state index contributed by atoms with van der Waals surface area (Å²) in [5.74, 6) is -3.41. The van der Waals surface area contributed by atoms with E-state index in [9.17, 15) is 24.3 Å². The molecule has 1 rings (SSSR count). The summed E-state index contributed by atoms with van der Waals surface area (Å²) >= 11 is 0. The van der Waals surface area contributed by atoms with Crippen molar-refractivity contribution in [3.63, 3.8) is 0 Å². The number of amides is 3. The third kappa shape index (κ3) is 8.63. The van der Waals surface area contributed by atoms with E-state index in [1.54, 1.807) is 39.8 Å². The van der Waals surface area contributed by atoms with E-state index < -0.39 is 48.4 Å². The third-order valence-electron chi connectivity index (χ3n) is 4.64. The number of hydrogen-bond donors (Lipinski definition) is 6. The van der Waals surface area contributed by atoms with Gasteiger partial charge in [0.2, 0.25) is 17.7 Å². The van der Waals surface area contributed by atoms with Gasteiger partial charge < -0.3 is 31.9 Å². The number of phenolic OH excluding ortho intramolecular Hbond substituents is 1. The summed E-state index contributed by atoms with van der Waals surface area (Å²) in [5, 5.41) is 25.5. The average Bonchev–Trinajstić information content (AvgIpc) is 2.69. The number of carboxylic acids is 1. The van der Waals surface area contributed by atoms with Crippen LogP contribution in [0.3, 0.4) is 0 Å². The summed E-state index contributed by atoms with van der Waals surface area (Å²) < 4.78 is 0. The van der Waals surface area contributed by atoms with Gasteiger partial charge in [-0.15, -0.1) is 0 Å². The van der Waals surface area contributed by atoms with Gasteiger partial charge in [-0.3, -0.25) is 19.2 Å². The van der Waals surface area contributed by atoms with E-state index in [1.165, 1.54) is 12.1 Å². The van der Waals surface area contributed by atoms with Gasteiger partial charge in [-0.2, -0.15) is 0 Å². The van der Waals surface area contributed by atoms with Gasteiger partial charge in [-0.05, 0) is 36.0 Å². The van der Waals surface area contributed by atoms with Crippen molar-refractivity contribution in [3.05, 3.63) is 29.8 Å². The molecule has 0 saturated carbocycles. The van der Waals surface area contributed by atoms with Gasteiger partial charge in [0.25, 0.3) is 0 Å². The molecule has 0 aliphatic heterocycles. The van der Waals surface area contributed by atoms with Crippen molar-refractivity contribution in [1.82, 2.24) is 16.0 Å². The highest BCUT2D eigenvalue weighted by atomic mass is 16.4. The number of nitrogens with one attached hydrogen (secondary N) is 3. The second kappa shape index (κ2) is 11.9. The van der Waals surface area contributed by atoms with E-state index >= 15 is 0 Å². The smallest absolute Gasteiger partial charge is 0.322 e. The highest BCUT2D eigenvalue weighted by Gasteiger charge is 2.31. The highest BCUT2D eigenvalue weighted by molar-refractivity contribution is 5.94. The SMILES string of the molecule is CC(C)C(NC(=O)C(N)Cc1ccc(O)cc1)C(=O)NC(C(=O)NCC(=O)O)C(C)C. The summed E-state index contributed by atoms with van der Waals surface area (Å²) in [6, 6.07) is 3.47. The molecule has 3 unspecified atom stereocenters. The fourth-order valence-corrected chi connectivity index (χ4v) is 2.82. The minimum Gasteiger partial charge on any atom is -0.508 e. The van der Waals surface area contributed by atoms with Crippen LogP contribution in [0.15, 0.2) is 24.3 Å². The number of rotatable bonds is 11. The van der Waals surface area contributed by atoms with Gasteiger partial charge >= 0.3 is 5.97 Å². The number of phenols is 1. The summed E-state index contributed by atoms with van der Waals surface area (Å²) in [4.78, 5) is 48.3. The molecule has 1 aromatic rings. The van der Waals surface area contributed by atoms with E-state index in [0.717, 1.165) is 5.56 Å². The van der Waals surface area contributed by atoms with E-state index in [1.807, 2.05) is 0 Å². The first-order chi connectivity index (χ1) is 14.4. The van der Waals surface area contributed by atoms with Gasteiger partial charge in [0.1, 0.15) is 24.4 Å². The molecule has 0 spiro atoms. The van der Waals surface area contributed by atoms with Crippen LogP contribution in [0.2, 0.25) is 0 Å². The van der Waals surface area contributed by atoms with Crippen LogP contribution in [-0.2, 0) is 25.6 Å². The van der Waals surface area contributed by atoms with Crippen molar-refractivity contribution < 1.29 is 29.4 Å². The molecule has 1 aromatic carbocycles. The maximum absolute atomic E-state index is 12.8. The molecule has 31 heavy (non-hydrogen) atoms. The van der Waals surface area contributed by atoms with Crippen LogP contribution in [0.1, 0.15) is 33.3 Å². The number of carbonyl (C=O) groups is 4. The van der Waals surface area contributed by atoms with Crippen molar-refractivity contribution in [3.8, 4) is 5.75 Å². The molecule has 3 atom stereocenters. The topological polar surface area (TPSA) is 171 Å². The quantitative estimate of drug-likeness (QED) is 0.277. The second-order valence-electron chi connectivity index (χ2n) is 8.05. The van der Waals surface area contributed by atoms with Crippen LogP contribution in [-0.4, -0.2) is 58.6 Å². The molecule has 0 radical (unpaired) electrons. The minimum atomic E-state index is -1.20. The zero-order valence-corrected chi connectivity index (χ0v) is 18.2. The van der Waals surface area contributed by atoms with Crippen LogP contribution in [0, 0.1) is 11.8 Å². The van der Waals surface area contributed by atoms with E-state index in [0.29, 0.717) is 0 Å². The fraction of sp³-hybridized carbons (Fsp3) is 0.524. The van der Waals surface area contributed by atoms with Crippen molar-refractivity contribution in [1.29, 1.82) is 0 Å². The lowest BCUT2D eigenvalue weighted by molar-refractivity contribution is -0.139. The lowest BCUT2D eigenvalue weighted by atomic mass is 9.99. The number of benzene rings is 1. The van der Waals surface area contributed by atoms with Crippen molar-refractivity contribution in [2.24, 2.45) is 17.6 Å². The Hall–Kier alpha value is -3.14. The number of carbonyl (C=O) groups excluding carboxylic acids is 3. The Bertz CT molecular complexity index is 779. The van der Waals surface area contributed by atoms with Crippen LogP contribution >= 0.6 is 0 Å². The number of hydrogen-bond acceptors (Lipinski definition) is 6. The minimum absolute atomic E-state index is 0.102. The molecule has 0 aliphatic rings. The molecule has 3 amide bonds. The molecule has 0 fully saturated rings. The number of nitrogens with two attached hydrogens (primary N) is 1. The first kappa shape index (κ1) is 25.9. The Morgan fingerprint density at radius 1 is 0.871 bits per heavy atom.